The molecule has 0 saturated carbocycles. The van der Waals surface area contributed by atoms with Crippen LogP contribution in [0.15, 0.2) is 0 Å². The molecular formula is C6H9Br3O2. The number of alkyl halides is 3. The minimum atomic E-state index is -0.477. The van der Waals surface area contributed by atoms with Crippen LogP contribution in [-0.4, -0.2) is 29.1 Å². The summed E-state index contributed by atoms with van der Waals surface area (Å²) in [6, 6.07) is 0. The molecule has 0 N–H and O–H groups in total. The summed E-state index contributed by atoms with van der Waals surface area (Å²) in [4.78, 5) is 11.2. The van der Waals surface area contributed by atoms with Crippen molar-refractivity contribution in [3.05, 3.63) is 0 Å². The van der Waals surface area contributed by atoms with Gasteiger partial charge in [-0.15, -0.1) is 0 Å². The van der Waals surface area contributed by atoms with Gasteiger partial charge in [-0.2, -0.15) is 0 Å². The van der Waals surface area contributed by atoms with Gasteiger partial charge in [0.1, 0.15) is 0 Å². The lowest BCUT2D eigenvalue weighted by Crippen LogP contribution is -2.37. The van der Waals surface area contributed by atoms with Crippen molar-refractivity contribution >= 4 is 53.8 Å². The molecule has 0 amide bonds. The van der Waals surface area contributed by atoms with Gasteiger partial charge in [-0.25, -0.2) is 0 Å². The van der Waals surface area contributed by atoms with Crippen LogP contribution in [0.4, 0.5) is 0 Å². The van der Waals surface area contributed by atoms with Crippen molar-refractivity contribution in [2.45, 2.75) is 0 Å². The molecule has 0 rings (SSSR count). The molecule has 0 atom stereocenters. The van der Waals surface area contributed by atoms with Crippen LogP contribution in [0.3, 0.4) is 0 Å². The lowest BCUT2D eigenvalue weighted by Gasteiger charge is -2.23. The van der Waals surface area contributed by atoms with Gasteiger partial charge in [0.25, 0.3) is 0 Å². The smallest absolute Gasteiger partial charge is 0.314 e. The number of rotatable bonds is 4. The molecule has 0 spiro atoms. The molecule has 0 fully saturated rings. The molecule has 0 aliphatic heterocycles. The summed E-state index contributed by atoms with van der Waals surface area (Å²) >= 11 is 9.82. The first-order valence-corrected chi connectivity index (χ1v) is 6.29. The lowest BCUT2D eigenvalue weighted by atomic mass is 9.97. The number of carbonyl (C=O) groups excluding carboxylic acids is 1. The number of hydrogen-bond acceptors (Lipinski definition) is 2. The van der Waals surface area contributed by atoms with E-state index in [4.69, 9.17) is 0 Å². The van der Waals surface area contributed by atoms with Crippen molar-refractivity contribution in [1.29, 1.82) is 0 Å². The summed E-state index contributed by atoms with van der Waals surface area (Å²) in [6.07, 6.45) is 0. The molecule has 0 aliphatic carbocycles. The van der Waals surface area contributed by atoms with E-state index in [2.05, 4.69) is 52.5 Å². The Kier molecular flexibility index (Phi) is 6.00. The summed E-state index contributed by atoms with van der Waals surface area (Å²) in [5, 5.41) is 1.76. The molecule has 0 aliphatic rings. The molecule has 0 aromatic rings. The molecule has 2 nitrogen and oxygen atoms in total. The number of hydrogen-bond donors (Lipinski definition) is 0. The van der Waals surface area contributed by atoms with E-state index in [1.165, 1.54) is 7.11 Å². The molecule has 0 aromatic heterocycles. The van der Waals surface area contributed by atoms with Crippen LogP contribution in [-0.2, 0) is 9.53 Å². The molecular weight excluding hydrogens is 344 g/mol. The molecule has 0 radical (unpaired) electrons. The topological polar surface area (TPSA) is 26.3 Å². The zero-order chi connectivity index (χ0) is 8.91. The lowest BCUT2D eigenvalue weighted by molar-refractivity contribution is -0.148. The summed E-state index contributed by atoms with van der Waals surface area (Å²) in [7, 11) is 1.39. The maximum absolute atomic E-state index is 11.2. The molecule has 5 heteroatoms. The van der Waals surface area contributed by atoms with Crippen LogP contribution in [0.1, 0.15) is 0 Å². The minimum absolute atomic E-state index is 0.205. The average molecular weight is 353 g/mol. The summed E-state index contributed by atoms with van der Waals surface area (Å²) in [5.41, 5.74) is -0.477. The van der Waals surface area contributed by atoms with Crippen LogP contribution < -0.4 is 0 Å². The van der Waals surface area contributed by atoms with Crippen LogP contribution in [0.5, 0.6) is 0 Å². The van der Waals surface area contributed by atoms with E-state index in [-0.39, 0.29) is 5.97 Å². The minimum Gasteiger partial charge on any atom is -0.469 e. The first-order chi connectivity index (χ1) is 5.16. The Hall–Kier alpha value is 0.910. The molecule has 0 aromatic carbocycles. The van der Waals surface area contributed by atoms with Crippen molar-refractivity contribution in [3.8, 4) is 0 Å². The zero-order valence-electron chi connectivity index (χ0n) is 6.07. The average Bonchev–Trinajstić information content (AvgIpc) is 2.08. The van der Waals surface area contributed by atoms with Crippen molar-refractivity contribution in [1.82, 2.24) is 0 Å². The highest BCUT2D eigenvalue weighted by atomic mass is 79.9. The van der Waals surface area contributed by atoms with E-state index in [1.54, 1.807) is 0 Å². The SMILES string of the molecule is COC(=O)C(CBr)(CBr)CBr. The Labute approximate surface area is 91.4 Å². The first-order valence-electron chi connectivity index (χ1n) is 2.93. The molecule has 0 unspecified atom stereocenters. The van der Waals surface area contributed by atoms with E-state index in [9.17, 15) is 4.79 Å². The zero-order valence-corrected chi connectivity index (χ0v) is 10.8. The fourth-order valence-electron chi connectivity index (χ4n) is 0.487. The molecule has 0 saturated heterocycles. The predicted octanol–water partition coefficient (Wildman–Crippen LogP) is 2.33. The highest BCUT2D eigenvalue weighted by Gasteiger charge is 2.36. The summed E-state index contributed by atoms with van der Waals surface area (Å²) < 4.78 is 4.66. The van der Waals surface area contributed by atoms with Gasteiger partial charge in [-0.1, -0.05) is 47.8 Å². The predicted molar refractivity (Wildman–Crippen MR) is 55.8 cm³/mol. The second-order valence-corrected chi connectivity index (χ2v) is 3.86. The van der Waals surface area contributed by atoms with E-state index in [0.717, 1.165) is 0 Å². The fourth-order valence-corrected chi connectivity index (χ4v) is 3.96. The number of methoxy groups -OCH3 is 1. The van der Waals surface area contributed by atoms with Gasteiger partial charge in [0.15, 0.2) is 0 Å². The third-order valence-corrected chi connectivity index (χ3v) is 4.61. The second-order valence-electron chi connectivity index (χ2n) is 2.17. The van der Waals surface area contributed by atoms with E-state index in [0.29, 0.717) is 16.0 Å². The van der Waals surface area contributed by atoms with Gasteiger partial charge in [0.05, 0.1) is 12.5 Å². The van der Waals surface area contributed by atoms with Crippen molar-refractivity contribution < 1.29 is 9.53 Å². The van der Waals surface area contributed by atoms with Gasteiger partial charge >= 0.3 is 5.97 Å². The molecule has 0 heterocycles. The largest absolute Gasteiger partial charge is 0.469 e. The molecule has 0 bridgehead atoms. The fraction of sp³-hybridized carbons (Fsp3) is 0.833. The number of ether oxygens (including phenoxy) is 1. The highest BCUT2D eigenvalue weighted by molar-refractivity contribution is 9.10. The van der Waals surface area contributed by atoms with Gasteiger partial charge in [-0.3, -0.25) is 4.79 Å². The van der Waals surface area contributed by atoms with Crippen molar-refractivity contribution in [2.75, 3.05) is 23.1 Å². The van der Waals surface area contributed by atoms with Gasteiger partial charge in [0, 0.05) is 16.0 Å². The van der Waals surface area contributed by atoms with Crippen LogP contribution >= 0.6 is 47.8 Å². The Morgan fingerprint density at radius 2 is 1.64 bits per heavy atom. The monoisotopic (exact) mass is 350 g/mol. The summed E-state index contributed by atoms with van der Waals surface area (Å²) in [5.74, 6) is -0.205. The van der Waals surface area contributed by atoms with E-state index >= 15 is 0 Å². The Bertz CT molecular complexity index is 126. The maximum atomic E-state index is 11.2. The third kappa shape index (κ3) is 2.70. The standard InChI is InChI=1S/C6H9Br3O2/c1-11-5(10)6(2-7,3-8)4-9/h2-4H2,1H3. The van der Waals surface area contributed by atoms with Crippen molar-refractivity contribution in [3.63, 3.8) is 0 Å². The van der Waals surface area contributed by atoms with E-state index < -0.39 is 5.41 Å². The first kappa shape index (κ1) is 11.9. The quantitative estimate of drug-likeness (QED) is 0.573. The molecule has 66 valence electrons. The Morgan fingerprint density at radius 1 is 1.27 bits per heavy atom. The Morgan fingerprint density at radius 3 is 1.73 bits per heavy atom. The normalized spacial score (nSPS) is 11.3. The molecule has 11 heavy (non-hydrogen) atoms. The maximum Gasteiger partial charge on any atom is 0.314 e. The van der Waals surface area contributed by atoms with Crippen molar-refractivity contribution in [2.24, 2.45) is 5.41 Å². The van der Waals surface area contributed by atoms with Gasteiger partial charge in [-0.05, 0) is 0 Å². The Balaban J connectivity index is 4.39. The van der Waals surface area contributed by atoms with Crippen LogP contribution in [0.25, 0.3) is 0 Å². The van der Waals surface area contributed by atoms with E-state index in [1.807, 2.05) is 0 Å². The highest BCUT2D eigenvalue weighted by Crippen LogP contribution is 2.27. The van der Waals surface area contributed by atoms with Gasteiger partial charge in [0.2, 0.25) is 0 Å². The van der Waals surface area contributed by atoms with Gasteiger partial charge < -0.3 is 4.74 Å². The van der Waals surface area contributed by atoms with Crippen LogP contribution in [0.2, 0.25) is 0 Å². The number of carbonyl (C=O) groups is 1. The third-order valence-electron chi connectivity index (χ3n) is 1.39. The van der Waals surface area contributed by atoms with Crippen LogP contribution in [0, 0.1) is 5.41 Å². The number of halogens is 3. The number of esters is 1. The summed E-state index contributed by atoms with van der Waals surface area (Å²) in [6.45, 7) is 0. The second kappa shape index (κ2) is 5.54.